The maximum absolute atomic E-state index is 13.1. The summed E-state index contributed by atoms with van der Waals surface area (Å²) in [6.45, 7) is 1.78. The Morgan fingerprint density at radius 2 is 1.53 bits per heavy atom. The van der Waals surface area contributed by atoms with Crippen LogP contribution in [0.1, 0.15) is 52.5 Å². The van der Waals surface area contributed by atoms with Gasteiger partial charge in [-0.05, 0) is 65.9 Å². The van der Waals surface area contributed by atoms with Crippen LogP contribution in [0.2, 0.25) is 0 Å². The summed E-state index contributed by atoms with van der Waals surface area (Å²) in [6.07, 6.45) is 4.40. The molecule has 0 radical (unpaired) electrons. The smallest absolute Gasteiger partial charge is 0.259 e. The minimum Gasteiger partial charge on any atom is -0.497 e. The number of hydrogen-bond donors (Lipinski definition) is 1. The van der Waals surface area contributed by atoms with Gasteiger partial charge >= 0.3 is 0 Å². The lowest BCUT2D eigenvalue weighted by molar-refractivity contribution is -0.0905. The highest BCUT2D eigenvalue weighted by Crippen LogP contribution is 2.55. The number of nitrogens with one attached hydrogen (secondary N) is 1. The van der Waals surface area contributed by atoms with Gasteiger partial charge in [-0.15, -0.1) is 0 Å². The number of ether oxygens (including phenoxy) is 4. The number of methoxy groups -OCH3 is 2. The van der Waals surface area contributed by atoms with E-state index >= 15 is 0 Å². The molecular formula is C43H43N6O7P. The van der Waals surface area contributed by atoms with E-state index in [1.54, 1.807) is 32.7 Å². The average Bonchev–Trinajstić information content (AvgIpc) is 4.08. The molecule has 0 aliphatic carbocycles. The van der Waals surface area contributed by atoms with Crippen LogP contribution in [0.25, 0.3) is 11.2 Å². The second kappa shape index (κ2) is 16.3. The van der Waals surface area contributed by atoms with E-state index in [1.807, 2.05) is 89.5 Å². The van der Waals surface area contributed by atoms with Crippen molar-refractivity contribution < 1.29 is 32.8 Å². The van der Waals surface area contributed by atoms with Crippen LogP contribution in [0.4, 0.5) is 5.82 Å². The van der Waals surface area contributed by atoms with E-state index in [9.17, 15) is 4.79 Å². The first-order valence-corrected chi connectivity index (χ1v) is 20.2. The molecule has 57 heavy (non-hydrogen) atoms. The van der Waals surface area contributed by atoms with Crippen molar-refractivity contribution in [1.29, 1.82) is 0 Å². The van der Waals surface area contributed by atoms with Crippen molar-refractivity contribution in [3.63, 3.8) is 0 Å². The molecule has 1 N–H and O–H groups in total. The van der Waals surface area contributed by atoms with Crippen molar-refractivity contribution in [2.24, 2.45) is 0 Å². The first kappa shape index (κ1) is 37.3. The molecule has 6 aromatic rings. The maximum Gasteiger partial charge on any atom is 0.259 e. The Bertz CT molecular complexity index is 2250. The highest BCUT2D eigenvalue weighted by Gasteiger charge is 2.47. The van der Waals surface area contributed by atoms with Crippen molar-refractivity contribution in [2.45, 2.75) is 49.3 Å². The molecule has 1 unspecified atom stereocenters. The van der Waals surface area contributed by atoms with Crippen LogP contribution >= 0.6 is 8.53 Å². The first-order chi connectivity index (χ1) is 28.0. The van der Waals surface area contributed by atoms with E-state index in [0.717, 1.165) is 47.6 Å². The minimum absolute atomic E-state index is 0.167. The number of imidazole rings is 1. The van der Waals surface area contributed by atoms with Crippen LogP contribution in [0.5, 0.6) is 11.5 Å². The van der Waals surface area contributed by atoms with E-state index in [-0.39, 0.29) is 12.5 Å². The zero-order chi connectivity index (χ0) is 38.8. The number of fused-ring (bicyclic) bond motifs is 2. The summed E-state index contributed by atoms with van der Waals surface area (Å²) < 4.78 is 42.8. The number of amides is 1. The van der Waals surface area contributed by atoms with Crippen molar-refractivity contribution in [3.8, 4) is 11.5 Å². The lowest BCUT2D eigenvalue weighted by Crippen LogP contribution is -2.38. The van der Waals surface area contributed by atoms with Crippen LogP contribution in [0, 0.1) is 0 Å². The zero-order valence-corrected chi connectivity index (χ0v) is 32.5. The molecule has 292 valence electrons. The predicted molar refractivity (Wildman–Crippen MR) is 214 cm³/mol. The Labute approximate surface area is 331 Å². The molecule has 0 saturated carbocycles. The normalized spacial score (nSPS) is 22.1. The van der Waals surface area contributed by atoms with E-state index in [2.05, 4.69) is 37.1 Å². The zero-order valence-electron chi connectivity index (χ0n) is 31.6. The molecule has 3 aliphatic rings. The Balaban J connectivity index is 1.06. The van der Waals surface area contributed by atoms with Crippen molar-refractivity contribution >= 4 is 31.4 Å². The number of rotatable bonds is 13. The molecule has 13 nitrogen and oxygen atoms in total. The van der Waals surface area contributed by atoms with Gasteiger partial charge in [0, 0.05) is 24.6 Å². The van der Waals surface area contributed by atoms with Gasteiger partial charge in [0.2, 0.25) is 0 Å². The summed E-state index contributed by atoms with van der Waals surface area (Å²) in [5, 5.41) is 2.90. The molecule has 5 heterocycles. The number of aromatic nitrogens is 4. The fourth-order valence-electron chi connectivity index (χ4n) is 7.97. The first-order valence-electron chi connectivity index (χ1n) is 19.1. The Morgan fingerprint density at radius 1 is 0.860 bits per heavy atom. The molecule has 4 aromatic carbocycles. The molecule has 5 atom stereocenters. The number of carbonyl (C=O) groups is 1. The molecule has 3 aliphatic heterocycles. The number of anilines is 1. The van der Waals surface area contributed by atoms with Crippen LogP contribution in [-0.2, 0) is 24.1 Å². The largest absolute Gasteiger partial charge is 0.497 e. The standard InChI is InChI=1S/C43H43N6O7P/c1-51-34-19-15-31(16-20-34)43(30-12-7-4-8-13-30,32-17-21-35(52-2)22-18-32)53-26-37-36(56-57-49-23-9-14-33(49)25-54-57)24-38(55-37)48-28-46-39-40(44-27-45-41(39)48)47-42(50)29-10-5-3-6-11-29/h3-8,10-13,15-22,27-28,33,36-38H,9,14,23-26H2,1-2H3,(H,44,45,47,50)/t33-,36+,37-,38-,57?/m1/s1. The van der Waals surface area contributed by atoms with Gasteiger partial charge in [0.05, 0.1) is 39.9 Å². The number of carbonyl (C=O) groups excluding carboxylic acids is 1. The molecule has 0 spiro atoms. The van der Waals surface area contributed by atoms with Gasteiger partial charge in [-0.3, -0.25) is 9.36 Å². The monoisotopic (exact) mass is 786 g/mol. The lowest BCUT2D eigenvalue weighted by atomic mass is 9.80. The third-order valence-corrected chi connectivity index (χ3v) is 12.7. The Hall–Kier alpha value is -5.27. The van der Waals surface area contributed by atoms with E-state index in [4.69, 9.17) is 28.0 Å². The van der Waals surface area contributed by atoms with Gasteiger partial charge in [-0.2, -0.15) is 0 Å². The minimum atomic E-state index is -1.28. The van der Waals surface area contributed by atoms with E-state index < -0.39 is 32.6 Å². The van der Waals surface area contributed by atoms with Crippen LogP contribution in [0.15, 0.2) is 122 Å². The highest BCUT2D eigenvalue weighted by atomic mass is 31.2. The Morgan fingerprint density at radius 3 is 2.21 bits per heavy atom. The van der Waals surface area contributed by atoms with Gasteiger partial charge in [-0.25, -0.2) is 19.6 Å². The van der Waals surface area contributed by atoms with E-state index in [1.165, 1.54) is 6.33 Å². The van der Waals surface area contributed by atoms with Crippen molar-refractivity contribution in [1.82, 2.24) is 24.2 Å². The second-order valence-electron chi connectivity index (χ2n) is 14.2. The highest BCUT2D eigenvalue weighted by molar-refractivity contribution is 7.44. The van der Waals surface area contributed by atoms with Crippen LogP contribution < -0.4 is 14.8 Å². The number of nitrogens with zero attached hydrogens (tertiary/aromatic N) is 5. The van der Waals surface area contributed by atoms with Gasteiger partial charge in [-0.1, -0.05) is 72.8 Å². The van der Waals surface area contributed by atoms with Gasteiger partial charge in [0.15, 0.2) is 17.0 Å². The topological polar surface area (TPSA) is 131 Å². The summed E-state index contributed by atoms with van der Waals surface area (Å²) in [5.74, 6) is 1.50. The van der Waals surface area contributed by atoms with Crippen molar-refractivity contribution in [3.05, 3.63) is 144 Å². The van der Waals surface area contributed by atoms with E-state index in [0.29, 0.717) is 41.6 Å². The summed E-state index contributed by atoms with van der Waals surface area (Å²) in [5.41, 5.74) is 3.21. The quantitative estimate of drug-likeness (QED) is 0.0923. The van der Waals surface area contributed by atoms with Crippen LogP contribution in [0.3, 0.4) is 0 Å². The lowest BCUT2D eigenvalue weighted by Gasteiger charge is -2.37. The predicted octanol–water partition coefficient (Wildman–Crippen LogP) is 7.50. The third kappa shape index (κ3) is 7.27. The molecule has 2 aromatic heterocycles. The Kier molecular flexibility index (Phi) is 10.7. The van der Waals surface area contributed by atoms with Crippen LogP contribution in [-0.4, -0.2) is 82.3 Å². The third-order valence-electron chi connectivity index (χ3n) is 10.9. The average molecular weight is 787 g/mol. The fraction of sp³-hybridized carbons (Fsp3) is 0.302. The molecule has 3 saturated heterocycles. The van der Waals surface area contributed by atoms with Crippen molar-refractivity contribution in [2.75, 3.05) is 39.3 Å². The molecule has 1 amide bonds. The van der Waals surface area contributed by atoms with Gasteiger partial charge in [0.1, 0.15) is 35.8 Å². The molecular weight excluding hydrogens is 743 g/mol. The SMILES string of the molecule is COc1ccc(C(OC[C@H]2O[C@@H](n3cnc4c(NC(=O)c5ccccc5)ncnc43)C[C@@H]2OP2OC[C@H]3CCCN32)(c2ccccc2)c2ccc(OC)cc2)cc1. The second-order valence-corrected chi connectivity index (χ2v) is 15.6. The molecule has 14 heteroatoms. The summed E-state index contributed by atoms with van der Waals surface area (Å²) in [4.78, 5) is 26.7. The summed E-state index contributed by atoms with van der Waals surface area (Å²) in [6, 6.07) is 35.5. The fourth-order valence-corrected chi connectivity index (χ4v) is 9.81. The summed E-state index contributed by atoms with van der Waals surface area (Å²) >= 11 is 0. The maximum atomic E-state index is 13.1. The van der Waals surface area contributed by atoms with Gasteiger partial charge < -0.3 is 33.3 Å². The molecule has 9 rings (SSSR count). The molecule has 0 bridgehead atoms. The van der Waals surface area contributed by atoms with Gasteiger partial charge in [0.25, 0.3) is 14.4 Å². The number of benzene rings is 4. The number of hydrogen-bond acceptors (Lipinski definition) is 11. The summed E-state index contributed by atoms with van der Waals surface area (Å²) in [7, 11) is 2.03. The molecule has 3 fully saturated rings.